The maximum atomic E-state index is 9.99. The largest absolute Gasteiger partial charge is 0.388 e. The lowest BCUT2D eigenvalue weighted by Crippen LogP contribution is -2.56. The van der Waals surface area contributed by atoms with Crippen LogP contribution < -0.4 is 0 Å². The Morgan fingerprint density at radius 3 is 2.44 bits per heavy atom. The van der Waals surface area contributed by atoms with Crippen molar-refractivity contribution >= 4 is 11.8 Å². The van der Waals surface area contributed by atoms with Gasteiger partial charge in [0.25, 0.3) is 0 Å². The predicted molar refractivity (Wildman–Crippen MR) is 69.4 cm³/mol. The summed E-state index contributed by atoms with van der Waals surface area (Å²) < 4.78 is 11.0. The van der Waals surface area contributed by atoms with Gasteiger partial charge in [-0.15, -0.1) is 0 Å². The number of ether oxygens (including phenoxy) is 2. The zero-order valence-corrected chi connectivity index (χ0v) is 11.2. The average Bonchev–Trinajstić information content (AvgIpc) is 2.38. The van der Waals surface area contributed by atoms with Gasteiger partial charge in [-0.25, -0.2) is 0 Å². The van der Waals surface area contributed by atoms with E-state index in [1.165, 1.54) is 18.9 Å². The summed E-state index contributed by atoms with van der Waals surface area (Å²) in [4.78, 5) is 1.04. The summed E-state index contributed by atoms with van der Waals surface area (Å²) in [5.74, 6) is 0. The summed E-state index contributed by atoms with van der Waals surface area (Å²) in [5.41, 5.74) is -0.328. The lowest BCUT2D eigenvalue weighted by molar-refractivity contribution is -0.200. The van der Waals surface area contributed by atoms with Crippen molar-refractivity contribution in [3.63, 3.8) is 0 Å². The first-order valence-electron chi connectivity index (χ1n) is 5.89. The summed E-state index contributed by atoms with van der Waals surface area (Å²) in [7, 11) is 1.51. The van der Waals surface area contributed by atoms with Crippen LogP contribution in [0.1, 0.15) is 6.92 Å². The van der Waals surface area contributed by atoms with E-state index in [0.29, 0.717) is 0 Å². The van der Waals surface area contributed by atoms with Gasteiger partial charge in [-0.1, -0.05) is 30.0 Å². The lowest BCUT2D eigenvalue weighted by atomic mass is 10.0. The van der Waals surface area contributed by atoms with Crippen molar-refractivity contribution in [3.05, 3.63) is 30.3 Å². The third-order valence-electron chi connectivity index (χ3n) is 3.05. The Labute approximate surface area is 111 Å². The molecule has 0 amide bonds. The Hall–Kier alpha value is -0.590. The molecular formula is C13H18O4S. The van der Waals surface area contributed by atoms with Crippen molar-refractivity contribution in [2.75, 3.05) is 7.11 Å². The number of benzene rings is 1. The van der Waals surface area contributed by atoms with E-state index in [-0.39, 0.29) is 5.44 Å². The summed E-state index contributed by atoms with van der Waals surface area (Å²) >= 11 is 1.49. The van der Waals surface area contributed by atoms with Gasteiger partial charge >= 0.3 is 0 Å². The summed E-state index contributed by atoms with van der Waals surface area (Å²) in [6.45, 7) is 1.75. The zero-order valence-electron chi connectivity index (χ0n) is 10.4. The molecule has 2 rings (SSSR count). The lowest BCUT2D eigenvalue weighted by Gasteiger charge is -2.40. The highest BCUT2D eigenvalue weighted by Crippen LogP contribution is 2.34. The Balaban J connectivity index is 2.10. The molecule has 1 heterocycles. The molecule has 0 saturated carbocycles. The Bertz CT molecular complexity index is 373. The molecule has 0 radical (unpaired) electrons. The fourth-order valence-corrected chi connectivity index (χ4v) is 3.20. The van der Waals surface area contributed by atoms with Crippen molar-refractivity contribution in [2.24, 2.45) is 0 Å². The van der Waals surface area contributed by atoms with E-state index in [4.69, 9.17) is 9.47 Å². The van der Waals surface area contributed by atoms with Crippen molar-refractivity contribution < 1.29 is 19.7 Å². The fraction of sp³-hybridized carbons (Fsp3) is 0.538. The van der Waals surface area contributed by atoms with Crippen LogP contribution >= 0.6 is 11.8 Å². The Morgan fingerprint density at radius 2 is 1.83 bits per heavy atom. The van der Waals surface area contributed by atoms with Crippen molar-refractivity contribution in [2.45, 2.75) is 41.7 Å². The third-order valence-corrected chi connectivity index (χ3v) is 4.21. The molecule has 5 heteroatoms. The third kappa shape index (κ3) is 2.87. The van der Waals surface area contributed by atoms with Gasteiger partial charge in [0.1, 0.15) is 23.7 Å². The molecule has 1 saturated heterocycles. The Kier molecular flexibility index (Phi) is 4.64. The minimum absolute atomic E-state index is 0.328. The summed E-state index contributed by atoms with van der Waals surface area (Å²) in [6, 6.07) is 9.79. The van der Waals surface area contributed by atoms with Crippen LogP contribution in [0.15, 0.2) is 35.2 Å². The first-order chi connectivity index (χ1) is 8.63. The number of hydrogen-bond donors (Lipinski definition) is 2. The SMILES string of the molecule is COC1C(O)[C@H](O)C(C)O[C@@H]1Sc1ccccc1. The monoisotopic (exact) mass is 270 g/mol. The number of aliphatic hydroxyl groups excluding tert-OH is 2. The molecule has 1 aromatic carbocycles. The molecule has 2 N–H and O–H groups in total. The second kappa shape index (κ2) is 6.04. The molecule has 3 unspecified atom stereocenters. The normalized spacial score (nSPS) is 36.6. The predicted octanol–water partition coefficient (Wildman–Crippen LogP) is 1.26. The van der Waals surface area contributed by atoms with Crippen LogP contribution in [0.3, 0.4) is 0 Å². The van der Waals surface area contributed by atoms with E-state index >= 15 is 0 Å². The molecular weight excluding hydrogens is 252 g/mol. The second-order valence-corrected chi connectivity index (χ2v) is 5.49. The van der Waals surface area contributed by atoms with Crippen LogP contribution in [-0.4, -0.2) is 47.2 Å². The maximum absolute atomic E-state index is 9.99. The molecule has 100 valence electrons. The molecule has 0 bridgehead atoms. The topological polar surface area (TPSA) is 58.9 Å². The molecule has 18 heavy (non-hydrogen) atoms. The van der Waals surface area contributed by atoms with E-state index in [1.807, 2.05) is 30.3 Å². The fourth-order valence-electron chi connectivity index (χ4n) is 1.98. The highest BCUT2D eigenvalue weighted by molar-refractivity contribution is 7.99. The first kappa shape index (κ1) is 13.8. The molecule has 4 nitrogen and oxygen atoms in total. The average molecular weight is 270 g/mol. The number of rotatable bonds is 3. The van der Waals surface area contributed by atoms with Gasteiger partial charge in [0, 0.05) is 12.0 Å². The summed E-state index contributed by atoms with van der Waals surface area (Å²) in [6.07, 6.45) is -2.79. The van der Waals surface area contributed by atoms with E-state index < -0.39 is 24.4 Å². The molecule has 0 aromatic heterocycles. The van der Waals surface area contributed by atoms with Gasteiger partial charge in [-0.3, -0.25) is 0 Å². The minimum atomic E-state index is -0.931. The number of thioether (sulfide) groups is 1. The minimum Gasteiger partial charge on any atom is -0.388 e. The van der Waals surface area contributed by atoms with Gasteiger partial charge in [0.15, 0.2) is 0 Å². The number of hydrogen-bond acceptors (Lipinski definition) is 5. The molecule has 1 fully saturated rings. The smallest absolute Gasteiger partial charge is 0.136 e. The van der Waals surface area contributed by atoms with E-state index in [2.05, 4.69) is 0 Å². The molecule has 1 aliphatic rings. The molecule has 0 aliphatic carbocycles. The zero-order chi connectivity index (χ0) is 13.1. The van der Waals surface area contributed by atoms with Gasteiger partial charge in [-0.05, 0) is 19.1 Å². The second-order valence-electron chi connectivity index (χ2n) is 4.32. The first-order valence-corrected chi connectivity index (χ1v) is 6.77. The van der Waals surface area contributed by atoms with Crippen molar-refractivity contribution in [1.29, 1.82) is 0 Å². The van der Waals surface area contributed by atoms with Crippen LogP contribution in [0.2, 0.25) is 0 Å². The van der Waals surface area contributed by atoms with Crippen LogP contribution in [0.4, 0.5) is 0 Å². The highest BCUT2D eigenvalue weighted by Gasteiger charge is 2.43. The van der Waals surface area contributed by atoms with E-state index in [9.17, 15) is 10.2 Å². The van der Waals surface area contributed by atoms with E-state index in [1.54, 1.807) is 6.92 Å². The van der Waals surface area contributed by atoms with Crippen LogP contribution in [0.5, 0.6) is 0 Å². The highest BCUT2D eigenvalue weighted by atomic mass is 32.2. The molecule has 1 aliphatic heterocycles. The van der Waals surface area contributed by atoms with Crippen molar-refractivity contribution in [3.8, 4) is 0 Å². The van der Waals surface area contributed by atoms with Crippen LogP contribution in [0.25, 0.3) is 0 Å². The van der Waals surface area contributed by atoms with Gasteiger partial charge in [0.05, 0.1) is 6.10 Å². The number of aliphatic hydroxyl groups is 2. The van der Waals surface area contributed by atoms with E-state index in [0.717, 1.165) is 4.90 Å². The summed E-state index contributed by atoms with van der Waals surface area (Å²) in [5, 5.41) is 19.8. The quantitative estimate of drug-likeness (QED) is 0.866. The molecule has 0 spiro atoms. The van der Waals surface area contributed by atoms with Gasteiger partial charge < -0.3 is 19.7 Å². The van der Waals surface area contributed by atoms with Gasteiger partial charge in [-0.2, -0.15) is 0 Å². The Morgan fingerprint density at radius 1 is 1.17 bits per heavy atom. The number of methoxy groups -OCH3 is 1. The maximum Gasteiger partial charge on any atom is 0.136 e. The standard InChI is InChI=1S/C13H18O4S/c1-8-10(14)11(15)12(16-2)13(17-8)18-9-6-4-3-5-7-9/h3-8,10-15H,1-2H3/t8?,10-,11?,12?,13-/m1/s1. The van der Waals surface area contributed by atoms with Crippen LogP contribution in [-0.2, 0) is 9.47 Å². The van der Waals surface area contributed by atoms with Crippen molar-refractivity contribution in [1.82, 2.24) is 0 Å². The molecule has 1 aromatic rings. The molecule has 5 atom stereocenters. The van der Waals surface area contributed by atoms with Gasteiger partial charge in [0.2, 0.25) is 0 Å². The van der Waals surface area contributed by atoms with Crippen LogP contribution in [0, 0.1) is 0 Å².